The lowest BCUT2D eigenvalue weighted by Gasteiger charge is -2.37. The highest BCUT2D eigenvalue weighted by Gasteiger charge is 2.29. The zero-order chi connectivity index (χ0) is 14.8. The van der Waals surface area contributed by atoms with E-state index in [2.05, 4.69) is 40.1 Å². The number of halogens is 2. The second kappa shape index (κ2) is 6.22. The topological polar surface area (TPSA) is 32.3 Å². The standard InChI is InChI=1S/C15H20BrFN2O/c1-15(5-7-19(2)8-6-15)10-18-14(20)11-3-4-13(17)12(16)9-11/h3-4,9H,5-8,10H2,1-2H3,(H,18,20). The van der Waals surface area contributed by atoms with Crippen LogP contribution in [-0.2, 0) is 0 Å². The number of carbonyl (C=O) groups excluding carboxylic acids is 1. The predicted molar refractivity (Wildman–Crippen MR) is 81.3 cm³/mol. The maximum atomic E-state index is 13.2. The summed E-state index contributed by atoms with van der Waals surface area (Å²) < 4.78 is 13.5. The molecule has 0 aliphatic carbocycles. The molecule has 1 saturated heterocycles. The molecule has 0 saturated carbocycles. The first kappa shape index (κ1) is 15.4. The van der Waals surface area contributed by atoms with Crippen LogP contribution in [0.15, 0.2) is 22.7 Å². The van der Waals surface area contributed by atoms with Crippen molar-refractivity contribution < 1.29 is 9.18 Å². The molecule has 1 fully saturated rings. The van der Waals surface area contributed by atoms with Gasteiger partial charge < -0.3 is 10.2 Å². The van der Waals surface area contributed by atoms with Crippen LogP contribution in [0, 0.1) is 11.2 Å². The number of piperidine rings is 1. The maximum absolute atomic E-state index is 13.2. The number of likely N-dealkylation sites (tertiary alicyclic amines) is 1. The summed E-state index contributed by atoms with van der Waals surface area (Å²) in [7, 11) is 2.12. The van der Waals surface area contributed by atoms with Crippen LogP contribution in [-0.4, -0.2) is 37.5 Å². The van der Waals surface area contributed by atoms with E-state index < -0.39 is 0 Å². The molecule has 2 rings (SSSR count). The number of amides is 1. The zero-order valence-corrected chi connectivity index (χ0v) is 13.5. The van der Waals surface area contributed by atoms with E-state index in [-0.39, 0.29) is 17.1 Å². The minimum absolute atomic E-state index is 0.147. The largest absolute Gasteiger partial charge is 0.351 e. The third-order valence-electron chi connectivity index (χ3n) is 4.05. The van der Waals surface area contributed by atoms with E-state index in [1.54, 1.807) is 0 Å². The molecule has 1 aliphatic rings. The van der Waals surface area contributed by atoms with E-state index in [0.717, 1.165) is 25.9 Å². The molecule has 3 nitrogen and oxygen atoms in total. The van der Waals surface area contributed by atoms with E-state index in [1.165, 1.54) is 18.2 Å². The lowest BCUT2D eigenvalue weighted by atomic mass is 9.80. The highest BCUT2D eigenvalue weighted by atomic mass is 79.9. The average Bonchev–Trinajstić information content (AvgIpc) is 2.43. The molecule has 0 radical (unpaired) electrons. The summed E-state index contributed by atoms with van der Waals surface area (Å²) in [6.07, 6.45) is 2.16. The first-order valence-electron chi connectivity index (χ1n) is 6.81. The Morgan fingerprint density at radius 3 is 2.70 bits per heavy atom. The van der Waals surface area contributed by atoms with Gasteiger partial charge in [0.2, 0.25) is 0 Å². The molecule has 0 unspecified atom stereocenters. The van der Waals surface area contributed by atoms with Gasteiger partial charge in [-0.15, -0.1) is 0 Å². The summed E-state index contributed by atoms with van der Waals surface area (Å²) in [6.45, 7) is 5.00. The highest BCUT2D eigenvalue weighted by molar-refractivity contribution is 9.10. The van der Waals surface area contributed by atoms with Crippen LogP contribution in [0.5, 0.6) is 0 Å². The average molecular weight is 343 g/mol. The van der Waals surface area contributed by atoms with Crippen molar-refractivity contribution in [1.29, 1.82) is 0 Å². The molecular weight excluding hydrogens is 323 g/mol. The Labute approximate surface area is 127 Å². The fourth-order valence-electron chi connectivity index (χ4n) is 2.37. The van der Waals surface area contributed by atoms with Crippen molar-refractivity contribution in [3.63, 3.8) is 0 Å². The number of nitrogens with one attached hydrogen (secondary N) is 1. The Balaban J connectivity index is 1.93. The lowest BCUT2D eigenvalue weighted by molar-refractivity contribution is 0.0891. The van der Waals surface area contributed by atoms with Crippen LogP contribution < -0.4 is 5.32 Å². The van der Waals surface area contributed by atoms with E-state index in [0.29, 0.717) is 16.6 Å². The Bertz CT molecular complexity index is 499. The molecular formula is C15H20BrFN2O. The summed E-state index contributed by atoms with van der Waals surface area (Å²) in [5.74, 6) is -0.505. The molecule has 0 atom stereocenters. The van der Waals surface area contributed by atoms with Gasteiger partial charge >= 0.3 is 0 Å². The van der Waals surface area contributed by atoms with Gasteiger partial charge in [0.15, 0.2) is 0 Å². The van der Waals surface area contributed by atoms with Gasteiger partial charge in [-0.05, 0) is 72.5 Å². The smallest absolute Gasteiger partial charge is 0.251 e. The summed E-state index contributed by atoms with van der Waals surface area (Å²) >= 11 is 3.10. The van der Waals surface area contributed by atoms with Crippen LogP contribution >= 0.6 is 15.9 Å². The van der Waals surface area contributed by atoms with E-state index in [1.807, 2.05) is 0 Å². The molecule has 5 heteroatoms. The Kier molecular flexibility index (Phi) is 4.81. The van der Waals surface area contributed by atoms with Crippen molar-refractivity contribution in [2.45, 2.75) is 19.8 Å². The molecule has 1 N–H and O–H groups in total. The van der Waals surface area contributed by atoms with Crippen molar-refractivity contribution >= 4 is 21.8 Å². The maximum Gasteiger partial charge on any atom is 0.251 e. The summed E-state index contributed by atoms with van der Waals surface area (Å²) in [5.41, 5.74) is 0.634. The summed E-state index contributed by atoms with van der Waals surface area (Å²) in [5, 5.41) is 2.97. The van der Waals surface area contributed by atoms with E-state index in [9.17, 15) is 9.18 Å². The van der Waals surface area contributed by atoms with Gasteiger partial charge in [-0.3, -0.25) is 4.79 Å². The Morgan fingerprint density at radius 1 is 1.45 bits per heavy atom. The molecule has 1 heterocycles. The van der Waals surface area contributed by atoms with Crippen molar-refractivity contribution in [3.05, 3.63) is 34.1 Å². The van der Waals surface area contributed by atoms with Gasteiger partial charge in [0.1, 0.15) is 5.82 Å². The quantitative estimate of drug-likeness (QED) is 0.915. The number of hydrogen-bond acceptors (Lipinski definition) is 2. The fraction of sp³-hybridized carbons (Fsp3) is 0.533. The van der Waals surface area contributed by atoms with Gasteiger partial charge in [-0.25, -0.2) is 4.39 Å². The van der Waals surface area contributed by atoms with Gasteiger partial charge in [-0.1, -0.05) is 6.92 Å². The van der Waals surface area contributed by atoms with Gasteiger partial charge in [0, 0.05) is 12.1 Å². The van der Waals surface area contributed by atoms with Crippen LogP contribution in [0.4, 0.5) is 4.39 Å². The van der Waals surface area contributed by atoms with Crippen LogP contribution in [0.3, 0.4) is 0 Å². The SMILES string of the molecule is CN1CCC(C)(CNC(=O)c2ccc(F)c(Br)c2)CC1. The van der Waals surface area contributed by atoms with E-state index >= 15 is 0 Å². The van der Waals surface area contributed by atoms with Gasteiger partial charge in [-0.2, -0.15) is 0 Å². The first-order chi connectivity index (χ1) is 9.39. The molecule has 0 bridgehead atoms. The minimum Gasteiger partial charge on any atom is -0.351 e. The van der Waals surface area contributed by atoms with Crippen molar-refractivity contribution in [1.82, 2.24) is 10.2 Å². The zero-order valence-electron chi connectivity index (χ0n) is 11.9. The normalized spacial score (nSPS) is 18.8. The van der Waals surface area contributed by atoms with Crippen LogP contribution in [0.2, 0.25) is 0 Å². The molecule has 20 heavy (non-hydrogen) atoms. The molecule has 0 aromatic heterocycles. The molecule has 1 aliphatic heterocycles. The lowest BCUT2D eigenvalue weighted by Crippen LogP contribution is -2.43. The summed E-state index contributed by atoms with van der Waals surface area (Å²) in [6, 6.07) is 4.32. The second-order valence-corrected chi connectivity index (χ2v) is 6.78. The third kappa shape index (κ3) is 3.79. The van der Waals surface area contributed by atoms with Crippen molar-refractivity contribution in [3.8, 4) is 0 Å². The highest BCUT2D eigenvalue weighted by Crippen LogP contribution is 2.29. The number of nitrogens with zero attached hydrogens (tertiary/aromatic N) is 1. The van der Waals surface area contributed by atoms with Crippen molar-refractivity contribution in [2.75, 3.05) is 26.7 Å². The minimum atomic E-state index is -0.358. The molecule has 1 amide bonds. The number of carbonyl (C=O) groups is 1. The summed E-state index contributed by atoms with van der Waals surface area (Å²) in [4.78, 5) is 14.4. The van der Waals surface area contributed by atoms with E-state index in [4.69, 9.17) is 0 Å². The van der Waals surface area contributed by atoms with Gasteiger partial charge in [0.05, 0.1) is 4.47 Å². The van der Waals surface area contributed by atoms with Crippen LogP contribution in [0.1, 0.15) is 30.1 Å². The number of hydrogen-bond donors (Lipinski definition) is 1. The fourth-order valence-corrected chi connectivity index (χ4v) is 2.75. The monoisotopic (exact) mass is 342 g/mol. The molecule has 0 spiro atoms. The molecule has 110 valence electrons. The molecule has 1 aromatic carbocycles. The predicted octanol–water partition coefficient (Wildman–Crippen LogP) is 3.05. The number of benzene rings is 1. The Hall–Kier alpha value is -0.940. The van der Waals surface area contributed by atoms with Gasteiger partial charge in [0.25, 0.3) is 5.91 Å². The first-order valence-corrected chi connectivity index (χ1v) is 7.61. The third-order valence-corrected chi connectivity index (χ3v) is 4.66. The second-order valence-electron chi connectivity index (χ2n) is 5.93. The van der Waals surface area contributed by atoms with Crippen LogP contribution in [0.25, 0.3) is 0 Å². The number of rotatable bonds is 3. The molecule has 1 aromatic rings. The van der Waals surface area contributed by atoms with Crippen molar-refractivity contribution in [2.24, 2.45) is 5.41 Å². The Morgan fingerprint density at radius 2 is 2.10 bits per heavy atom.